The first-order valence-electron chi connectivity index (χ1n) is 8.34. The van der Waals surface area contributed by atoms with Crippen LogP contribution in [0, 0.1) is 5.41 Å². The van der Waals surface area contributed by atoms with Crippen molar-refractivity contribution in [2.45, 2.75) is 12.8 Å². The second-order valence-corrected chi connectivity index (χ2v) is 7.35. The number of carbonyl (C=O) groups is 2. The minimum absolute atomic E-state index is 0.0819. The number of hydrogen-bond donors (Lipinski definition) is 2. The molecule has 0 aromatic heterocycles. The van der Waals surface area contributed by atoms with Crippen LogP contribution in [0.1, 0.15) is 18.4 Å². The Morgan fingerprint density at radius 3 is 2.50 bits per heavy atom. The van der Waals surface area contributed by atoms with E-state index in [1.54, 1.807) is 19.0 Å². The number of guanidine groups is 1. The van der Waals surface area contributed by atoms with Crippen molar-refractivity contribution in [1.29, 1.82) is 5.41 Å². The van der Waals surface area contributed by atoms with Crippen molar-refractivity contribution in [3.8, 4) is 0 Å². The molecule has 1 aromatic carbocycles. The maximum absolute atomic E-state index is 12.1. The largest absolute Gasteiger partial charge is 0.371 e. The zero-order valence-electron chi connectivity index (χ0n) is 14.8. The molecular weight excluding hydrogens is 350 g/mol. The molecule has 0 unspecified atom stereocenters. The summed E-state index contributed by atoms with van der Waals surface area (Å²) in [5.74, 6) is 0.198. The van der Waals surface area contributed by atoms with E-state index >= 15 is 0 Å². The number of nitrogens with zero attached hydrogens (tertiary/aromatic N) is 3. The molecule has 7 nitrogen and oxygen atoms in total. The number of rotatable bonds is 2. The number of ketones is 1. The van der Waals surface area contributed by atoms with Crippen LogP contribution in [0.5, 0.6) is 0 Å². The van der Waals surface area contributed by atoms with Gasteiger partial charge in [0, 0.05) is 45.7 Å². The molecule has 8 heteroatoms. The number of piperidine rings is 1. The van der Waals surface area contributed by atoms with Crippen LogP contribution in [0.25, 0.3) is 6.08 Å². The molecule has 0 aliphatic carbocycles. The summed E-state index contributed by atoms with van der Waals surface area (Å²) in [6.07, 6.45) is 3.02. The molecular formula is C18H21N5O2S. The van der Waals surface area contributed by atoms with Gasteiger partial charge in [0.1, 0.15) is 5.78 Å². The molecule has 1 amide bonds. The van der Waals surface area contributed by atoms with E-state index in [9.17, 15) is 9.59 Å². The SMILES string of the molecule is CN(C)C(=N)/N=C1\NC(=O)/C(=C/c2ccc(N3CCC(=O)CC3)cc2)S1. The van der Waals surface area contributed by atoms with Crippen LogP contribution < -0.4 is 10.2 Å². The van der Waals surface area contributed by atoms with Gasteiger partial charge >= 0.3 is 0 Å². The first-order chi connectivity index (χ1) is 12.4. The number of anilines is 1. The lowest BCUT2D eigenvalue weighted by molar-refractivity contribution is -0.119. The van der Waals surface area contributed by atoms with Gasteiger partial charge in [-0.1, -0.05) is 12.1 Å². The van der Waals surface area contributed by atoms with E-state index in [1.165, 1.54) is 11.8 Å². The first-order valence-corrected chi connectivity index (χ1v) is 9.16. The maximum atomic E-state index is 12.1. The normalized spacial score (nSPS) is 20.6. The number of thioether (sulfide) groups is 1. The maximum Gasteiger partial charge on any atom is 0.264 e. The van der Waals surface area contributed by atoms with E-state index in [4.69, 9.17) is 5.41 Å². The molecule has 26 heavy (non-hydrogen) atoms. The number of Topliss-reactive ketones (excluding diaryl/α,β-unsaturated/α-hetero) is 1. The fourth-order valence-corrected chi connectivity index (χ4v) is 3.45. The quantitative estimate of drug-likeness (QED) is 0.471. The fraction of sp³-hybridized carbons (Fsp3) is 0.333. The van der Waals surface area contributed by atoms with Crippen LogP contribution in [0.2, 0.25) is 0 Å². The van der Waals surface area contributed by atoms with E-state index < -0.39 is 0 Å². The van der Waals surface area contributed by atoms with E-state index in [-0.39, 0.29) is 11.9 Å². The molecule has 0 spiro atoms. The van der Waals surface area contributed by atoms with Crippen molar-refractivity contribution >= 4 is 46.3 Å². The molecule has 136 valence electrons. The van der Waals surface area contributed by atoms with Gasteiger partial charge in [0.2, 0.25) is 5.96 Å². The van der Waals surface area contributed by atoms with E-state index in [1.807, 2.05) is 30.3 Å². The first kappa shape index (κ1) is 18.2. The number of nitrogens with one attached hydrogen (secondary N) is 2. The van der Waals surface area contributed by atoms with E-state index in [0.29, 0.717) is 28.7 Å². The van der Waals surface area contributed by atoms with Crippen LogP contribution in [-0.2, 0) is 9.59 Å². The molecule has 3 rings (SSSR count). The molecule has 2 aliphatic rings. The second kappa shape index (κ2) is 7.74. The summed E-state index contributed by atoms with van der Waals surface area (Å²) in [7, 11) is 3.45. The Labute approximate surface area is 156 Å². The number of amidine groups is 1. The molecule has 2 fully saturated rings. The predicted octanol–water partition coefficient (Wildman–Crippen LogP) is 1.91. The Morgan fingerprint density at radius 1 is 1.23 bits per heavy atom. The van der Waals surface area contributed by atoms with Crippen molar-refractivity contribution in [3.63, 3.8) is 0 Å². The van der Waals surface area contributed by atoms with Crippen molar-refractivity contribution in [1.82, 2.24) is 10.2 Å². The van der Waals surface area contributed by atoms with Crippen molar-refractivity contribution in [3.05, 3.63) is 34.7 Å². The van der Waals surface area contributed by atoms with Crippen molar-refractivity contribution in [2.75, 3.05) is 32.1 Å². The van der Waals surface area contributed by atoms with Gasteiger partial charge in [-0.3, -0.25) is 15.0 Å². The average molecular weight is 371 g/mol. The number of hydrogen-bond acceptors (Lipinski definition) is 5. The number of amides is 1. The minimum atomic E-state index is -0.209. The van der Waals surface area contributed by atoms with Crippen LogP contribution in [0.15, 0.2) is 34.2 Å². The Hall–Kier alpha value is -2.61. The molecule has 2 saturated heterocycles. The summed E-state index contributed by atoms with van der Waals surface area (Å²) in [6.45, 7) is 1.52. The Morgan fingerprint density at radius 2 is 1.88 bits per heavy atom. The zero-order valence-corrected chi connectivity index (χ0v) is 15.6. The third-order valence-corrected chi connectivity index (χ3v) is 5.07. The smallest absolute Gasteiger partial charge is 0.264 e. The fourth-order valence-electron chi connectivity index (χ4n) is 2.62. The number of aliphatic imine (C=N–C) groups is 1. The second-order valence-electron chi connectivity index (χ2n) is 6.32. The summed E-state index contributed by atoms with van der Waals surface area (Å²) in [6, 6.07) is 7.94. The van der Waals surface area contributed by atoms with Gasteiger partial charge in [-0.25, -0.2) is 0 Å². The van der Waals surface area contributed by atoms with E-state index in [0.717, 1.165) is 24.3 Å². The Balaban J connectivity index is 1.69. The molecule has 0 atom stereocenters. The lowest BCUT2D eigenvalue weighted by Gasteiger charge is -2.28. The summed E-state index contributed by atoms with van der Waals surface area (Å²) in [5, 5.41) is 10.8. The molecule has 0 bridgehead atoms. The molecule has 2 aliphatic heterocycles. The van der Waals surface area contributed by atoms with Gasteiger partial charge in [0.15, 0.2) is 5.17 Å². The monoisotopic (exact) mass is 371 g/mol. The third-order valence-electron chi connectivity index (χ3n) is 4.16. The lowest BCUT2D eigenvalue weighted by Crippen LogP contribution is -2.33. The van der Waals surface area contributed by atoms with Gasteiger partial charge < -0.3 is 15.1 Å². The number of carbonyl (C=O) groups excluding carboxylic acids is 2. The van der Waals surface area contributed by atoms with Gasteiger partial charge in [-0.2, -0.15) is 4.99 Å². The van der Waals surface area contributed by atoms with Crippen LogP contribution >= 0.6 is 11.8 Å². The molecule has 0 radical (unpaired) electrons. The summed E-state index contributed by atoms with van der Waals surface area (Å²) >= 11 is 1.23. The highest BCUT2D eigenvalue weighted by Crippen LogP contribution is 2.27. The lowest BCUT2D eigenvalue weighted by atomic mass is 10.1. The highest BCUT2D eigenvalue weighted by atomic mass is 32.2. The Bertz CT molecular complexity index is 788. The van der Waals surface area contributed by atoms with Gasteiger partial charge in [-0.05, 0) is 35.5 Å². The topological polar surface area (TPSA) is 88.9 Å². The van der Waals surface area contributed by atoms with E-state index in [2.05, 4.69) is 15.2 Å². The Kier molecular flexibility index (Phi) is 5.41. The highest BCUT2D eigenvalue weighted by molar-refractivity contribution is 8.18. The van der Waals surface area contributed by atoms with Crippen molar-refractivity contribution < 1.29 is 9.59 Å². The van der Waals surface area contributed by atoms with Crippen molar-refractivity contribution in [2.24, 2.45) is 4.99 Å². The van der Waals surface area contributed by atoms with Gasteiger partial charge in [-0.15, -0.1) is 0 Å². The predicted molar refractivity (Wildman–Crippen MR) is 105 cm³/mol. The molecule has 2 heterocycles. The third kappa shape index (κ3) is 4.32. The summed E-state index contributed by atoms with van der Waals surface area (Å²) in [5.41, 5.74) is 2.01. The summed E-state index contributed by atoms with van der Waals surface area (Å²) in [4.78, 5) is 31.8. The minimum Gasteiger partial charge on any atom is -0.371 e. The van der Waals surface area contributed by atoms with Crippen LogP contribution in [-0.4, -0.2) is 54.9 Å². The molecule has 0 saturated carbocycles. The van der Waals surface area contributed by atoms with Crippen LogP contribution in [0.4, 0.5) is 5.69 Å². The summed E-state index contributed by atoms with van der Waals surface area (Å²) < 4.78 is 0. The van der Waals surface area contributed by atoms with Crippen LogP contribution in [0.3, 0.4) is 0 Å². The molecule has 1 aromatic rings. The average Bonchev–Trinajstić information content (AvgIpc) is 2.95. The van der Waals surface area contributed by atoms with Gasteiger partial charge in [0.25, 0.3) is 5.91 Å². The van der Waals surface area contributed by atoms with Gasteiger partial charge in [0.05, 0.1) is 4.91 Å². The number of benzene rings is 1. The highest BCUT2D eigenvalue weighted by Gasteiger charge is 2.24. The molecule has 2 N–H and O–H groups in total. The standard InChI is InChI=1S/C18H21N5O2S/c1-22(2)17(19)21-18-20-16(25)15(26-18)11-12-3-5-13(6-4-12)23-9-7-14(24)8-10-23/h3-6,11H,7-10H2,1-2H3,(H2,19,20,21,25)/b15-11-. The zero-order chi connectivity index (χ0) is 18.7.